The predicted molar refractivity (Wildman–Crippen MR) is 57.9 cm³/mol. The first-order valence-electron chi connectivity index (χ1n) is 5.48. The molecular formula is C11H17N3O. The van der Waals surface area contributed by atoms with Crippen molar-refractivity contribution in [2.24, 2.45) is 5.92 Å². The summed E-state index contributed by atoms with van der Waals surface area (Å²) in [6.07, 6.45) is 2.65. The lowest BCUT2D eigenvalue weighted by Gasteiger charge is -2.12. The number of nitrogens with one attached hydrogen (secondary N) is 1. The van der Waals surface area contributed by atoms with Crippen molar-refractivity contribution in [2.75, 3.05) is 13.1 Å². The molecule has 2 rings (SSSR count). The Morgan fingerprint density at radius 2 is 2.47 bits per heavy atom. The van der Waals surface area contributed by atoms with Crippen molar-refractivity contribution in [1.29, 1.82) is 0 Å². The summed E-state index contributed by atoms with van der Waals surface area (Å²) in [5.41, 5.74) is 0.749. The molecule has 1 fully saturated rings. The van der Waals surface area contributed by atoms with Gasteiger partial charge in [0.1, 0.15) is 5.69 Å². The summed E-state index contributed by atoms with van der Waals surface area (Å²) in [6, 6.07) is 2.06. The van der Waals surface area contributed by atoms with Crippen LogP contribution in [0.3, 0.4) is 0 Å². The van der Waals surface area contributed by atoms with E-state index >= 15 is 0 Å². The molecule has 4 nitrogen and oxygen atoms in total. The topological polar surface area (TPSA) is 46.9 Å². The van der Waals surface area contributed by atoms with Crippen molar-refractivity contribution in [3.05, 3.63) is 18.0 Å². The Morgan fingerprint density at radius 3 is 3.07 bits per heavy atom. The Morgan fingerprint density at radius 1 is 1.67 bits per heavy atom. The zero-order valence-corrected chi connectivity index (χ0v) is 9.23. The Balaban J connectivity index is 2.20. The fraction of sp³-hybridized carbons (Fsp3) is 0.636. The Bertz CT molecular complexity index is 350. The molecule has 2 heterocycles. The molecule has 0 aliphatic carbocycles. The molecule has 1 unspecified atom stereocenters. The summed E-state index contributed by atoms with van der Waals surface area (Å²) in [5, 5.41) is 7.40. The first kappa shape index (κ1) is 10.4. The lowest BCUT2D eigenvalue weighted by molar-refractivity contribution is 0.0917. The van der Waals surface area contributed by atoms with Gasteiger partial charge in [-0.2, -0.15) is 5.10 Å². The highest BCUT2D eigenvalue weighted by Gasteiger charge is 2.26. The van der Waals surface area contributed by atoms with E-state index in [1.807, 2.05) is 19.9 Å². The summed E-state index contributed by atoms with van der Waals surface area (Å²) in [5.74, 6) is 0.366. The van der Waals surface area contributed by atoms with Crippen LogP contribution in [0.15, 0.2) is 12.3 Å². The third kappa shape index (κ3) is 1.95. The standard InChI is InChI=1S/C11H17N3O/c1-8(2)14-10(4-6-13-14)11(15)9-3-5-12-7-9/h4,6,8-9,12H,3,5,7H2,1-2H3. The van der Waals surface area contributed by atoms with Gasteiger partial charge in [0.05, 0.1) is 0 Å². The second-order valence-corrected chi connectivity index (χ2v) is 4.31. The van der Waals surface area contributed by atoms with E-state index in [9.17, 15) is 4.79 Å². The summed E-state index contributed by atoms with van der Waals surface area (Å²) in [7, 11) is 0. The maximum Gasteiger partial charge on any atom is 0.185 e. The van der Waals surface area contributed by atoms with Gasteiger partial charge in [-0.25, -0.2) is 0 Å². The van der Waals surface area contributed by atoms with E-state index < -0.39 is 0 Å². The van der Waals surface area contributed by atoms with Crippen LogP contribution in [0.2, 0.25) is 0 Å². The Labute approximate surface area is 89.7 Å². The van der Waals surface area contributed by atoms with E-state index in [1.54, 1.807) is 10.9 Å². The van der Waals surface area contributed by atoms with E-state index in [-0.39, 0.29) is 17.7 Å². The summed E-state index contributed by atoms with van der Waals surface area (Å²) in [4.78, 5) is 12.1. The molecule has 1 atom stereocenters. The number of rotatable bonds is 3. The predicted octanol–water partition coefficient (Wildman–Crippen LogP) is 1.26. The fourth-order valence-corrected chi connectivity index (χ4v) is 2.01. The third-order valence-electron chi connectivity index (χ3n) is 2.84. The molecule has 1 aromatic rings. The normalized spacial score (nSPS) is 21.1. The van der Waals surface area contributed by atoms with Crippen LogP contribution in [0, 0.1) is 5.92 Å². The van der Waals surface area contributed by atoms with E-state index in [0.717, 1.165) is 25.2 Å². The molecule has 1 aromatic heterocycles. The Hall–Kier alpha value is -1.16. The molecule has 0 spiro atoms. The molecule has 1 saturated heterocycles. The van der Waals surface area contributed by atoms with Crippen LogP contribution in [-0.4, -0.2) is 28.7 Å². The molecule has 0 saturated carbocycles. The van der Waals surface area contributed by atoms with E-state index in [4.69, 9.17) is 0 Å². The number of carbonyl (C=O) groups is 1. The van der Waals surface area contributed by atoms with Crippen LogP contribution in [0.4, 0.5) is 0 Å². The maximum atomic E-state index is 12.1. The molecule has 1 aliphatic heterocycles. The zero-order chi connectivity index (χ0) is 10.8. The van der Waals surface area contributed by atoms with Crippen LogP contribution in [0.25, 0.3) is 0 Å². The average molecular weight is 207 g/mol. The van der Waals surface area contributed by atoms with Gasteiger partial charge in [-0.3, -0.25) is 9.48 Å². The third-order valence-corrected chi connectivity index (χ3v) is 2.84. The van der Waals surface area contributed by atoms with Crippen LogP contribution < -0.4 is 5.32 Å². The SMILES string of the molecule is CC(C)n1nccc1C(=O)C1CCNC1. The van der Waals surface area contributed by atoms with E-state index in [1.165, 1.54) is 0 Å². The van der Waals surface area contributed by atoms with Gasteiger partial charge in [0.25, 0.3) is 0 Å². The van der Waals surface area contributed by atoms with Gasteiger partial charge in [-0.1, -0.05) is 0 Å². The van der Waals surface area contributed by atoms with Gasteiger partial charge in [0, 0.05) is 24.7 Å². The highest BCUT2D eigenvalue weighted by molar-refractivity contribution is 5.96. The molecule has 15 heavy (non-hydrogen) atoms. The van der Waals surface area contributed by atoms with Crippen molar-refractivity contribution < 1.29 is 4.79 Å². The van der Waals surface area contributed by atoms with Crippen molar-refractivity contribution in [3.63, 3.8) is 0 Å². The number of hydrogen-bond donors (Lipinski definition) is 1. The second-order valence-electron chi connectivity index (χ2n) is 4.31. The van der Waals surface area contributed by atoms with Gasteiger partial charge >= 0.3 is 0 Å². The Kier molecular flexibility index (Phi) is 2.86. The molecule has 0 radical (unpaired) electrons. The largest absolute Gasteiger partial charge is 0.316 e. The van der Waals surface area contributed by atoms with Crippen LogP contribution in [-0.2, 0) is 0 Å². The number of carbonyl (C=O) groups excluding carboxylic acids is 1. The quantitative estimate of drug-likeness (QED) is 0.759. The van der Waals surface area contributed by atoms with Crippen molar-refractivity contribution >= 4 is 5.78 Å². The first-order chi connectivity index (χ1) is 7.20. The van der Waals surface area contributed by atoms with Crippen molar-refractivity contribution in [3.8, 4) is 0 Å². The van der Waals surface area contributed by atoms with E-state index in [2.05, 4.69) is 10.4 Å². The first-order valence-corrected chi connectivity index (χ1v) is 5.48. The van der Waals surface area contributed by atoms with Gasteiger partial charge < -0.3 is 5.32 Å². The minimum absolute atomic E-state index is 0.138. The van der Waals surface area contributed by atoms with Crippen LogP contribution in [0.1, 0.15) is 36.8 Å². The smallest absolute Gasteiger partial charge is 0.185 e. The van der Waals surface area contributed by atoms with Crippen molar-refractivity contribution in [1.82, 2.24) is 15.1 Å². The molecule has 0 bridgehead atoms. The lowest BCUT2D eigenvalue weighted by Crippen LogP contribution is -2.22. The summed E-state index contributed by atoms with van der Waals surface area (Å²) >= 11 is 0. The molecular weight excluding hydrogens is 190 g/mol. The molecule has 4 heteroatoms. The lowest BCUT2D eigenvalue weighted by atomic mass is 10.0. The highest BCUT2D eigenvalue weighted by atomic mass is 16.1. The minimum atomic E-state index is 0.138. The zero-order valence-electron chi connectivity index (χ0n) is 9.23. The van der Waals surface area contributed by atoms with Crippen LogP contribution >= 0.6 is 0 Å². The summed E-state index contributed by atoms with van der Waals surface area (Å²) < 4.78 is 1.81. The average Bonchev–Trinajstić information content (AvgIpc) is 2.88. The number of hydrogen-bond acceptors (Lipinski definition) is 3. The van der Waals surface area contributed by atoms with Gasteiger partial charge in [-0.15, -0.1) is 0 Å². The minimum Gasteiger partial charge on any atom is -0.316 e. The van der Waals surface area contributed by atoms with Gasteiger partial charge in [0.15, 0.2) is 5.78 Å². The monoisotopic (exact) mass is 207 g/mol. The number of nitrogens with zero attached hydrogens (tertiary/aromatic N) is 2. The van der Waals surface area contributed by atoms with Crippen LogP contribution in [0.5, 0.6) is 0 Å². The second kappa shape index (κ2) is 4.14. The number of aromatic nitrogens is 2. The fourth-order valence-electron chi connectivity index (χ4n) is 2.01. The van der Waals surface area contributed by atoms with E-state index in [0.29, 0.717) is 0 Å². The maximum absolute atomic E-state index is 12.1. The number of ketones is 1. The molecule has 1 N–H and O–H groups in total. The number of Topliss-reactive ketones (excluding diaryl/α,β-unsaturated/α-hetero) is 1. The van der Waals surface area contributed by atoms with Gasteiger partial charge in [0.2, 0.25) is 0 Å². The molecule has 1 aliphatic rings. The summed E-state index contributed by atoms with van der Waals surface area (Å²) in [6.45, 7) is 5.84. The molecule has 82 valence electrons. The molecule has 0 amide bonds. The van der Waals surface area contributed by atoms with Crippen molar-refractivity contribution in [2.45, 2.75) is 26.3 Å². The molecule has 0 aromatic carbocycles. The highest BCUT2D eigenvalue weighted by Crippen LogP contribution is 2.17. The van der Waals surface area contributed by atoms with Gasteiger partial charge in [-0.05, 0) is 32.9 Å².